The molecule has 0 aliphatic rings. The molecule has 0 saturated heterocycles. The van der Waals surface area contributed by atoms with Crippen LogP contribution in [0.25, 0.3) is 0 Å². The summed E-state index contributed by atoms with van der Waals surface area (Å²) < 4.78 is 0. The first-order valence-corrected chi connectivity index (χ1v) is 4.93. The summed E-state index contributed by atoms with van der Waals surface area (Å²) in [4.78, 5) is 3.09. The first kappa shape index (κ1) is 11.4. The average Bonchev–Trinajstić information content (AvgIpc) is 2.69. The largest absolute Gasteiger partial charge is 0.342 e. The van der Waals surface area contributed by atoms with Crippen LogP contribution in [0.15, 0.2) is 12.1 Å². The summed E-state index contributed by atoms with van der Waals surface area (Å²) in [5, 5.41) is 0. The van der Waals surface area contributed by atoms with Crippen molar-refractivity contribution in [1.82, 2.24) is 4.98 Å². The Balaban J connectivity index is 2.55. The summed E-state index contributed by atoms with van der Waals surface area (Å²) >= 11 is 0. The van der Waals surface area contributed by atoms with E-state index in [0.29, 0.717) is 13.1 Å². The van der Waals surface area contributed by atoms with E-state index in [0.717, 1.165) is 24.2 Å². The number of H-pyrrole nitrogens is 1. The highest BCUT2D eigenvalue weighted by Crippen LogP contribution is 1.98. The van der Waals surface area contributed by atoms with E-state index in [-0.39, 0.29) is 0 Å². The normalized spacial score (nSPS) is 8.67. The van der Waals surface area contributed by atoms with Crippen LogP contribution in [0, 0.1) is 23.7 Å². The number of nitrogens with one attached hydrogen (secondary N) is 1. The first-order chi connectivity index (χ1) is 7.36. The summed E-state index contributed by atoms with van der Waals surface area (Å²) in [5.41, 5.74) is 12.4. The van der Waals surface area contributed by atoms with Crippen LogP contribution in [0.1, 0.15) is 24.2 Å². The van der Waals surface area contributed by atoms with E-state index in [1.807, 2.05) is 12.1 Å². The molecule has 1 aromatic heterocycles. The lowest BCUT2D eigenvalue weighted by atomic mass is 10.3. The van der Waals surface area contributed by atoms with E-state index in [9.17, 15) is 0 Å². The Morgan fingerprint density at radius 2 is 1.73 bits per heavy atom. The van der Waals surface area contributed by atoms with Gasteiger partial charge in [-0.15, -0.1) is 0 Å². The van der Waals surface area contributed by atoms with Crippen molar-refractivity contribution in [2.24, 2.45) is 11.5 Å². The monoisotopic (exact) mass is 201 g/mol. The van der Waals surface area contributed by atoms with Gasteiger partial charge in [-0.3, -0.25) is 0 Å². The van der Waals surface area contributed by atoms with Gasteiger partial charge in [0.2, 0.25) is 0 Å². The average molecular weight is 201 g/mol. The Kier molecular flexibility index (Phi) is 5.11. The third-order valence-corrected chi connectivity index (χ3v) is 1.74. The van der Waals surface area contributed by atoms with Gasteiger partial charge in [-0.25, -0.2) is 0 Å². The molecule has 1 rings (SSSR count). The second kappa shape index (κ2) is 6.73. The van der Waals surface area contributed by atoms with E-state index in [1.54, 1.807) is 0 Å². The van der Waals surface area contributed by atoms with Gasteiger partial charge in [0, 0.05) is 6.42 Å². The molecule has 0 amide bonds. The Morgan fingerprint density at radius 3 is 2.33 bits per heavy atom. The fraction of sp³-hybridized carbons (Fsp3) is 0.333. The predicted molar refractivity (Wildman–Crippen MR) is 61.9 cm³/mol. The lowest BCUT2D eigenvalue weighted by Gasteiger charge is -1.84. The van der Waals surface area contributed by atoms with Crippen LogP contribution in [0.2, 0.25) is 0 Å². The van der Waals surface area contributed by atoms with Crippen LogP contribution >= 0.6 is 0 Å². The predicted octanol–water partition coefficient (Wildman–Crippen LogP) is 0.415. The summed E-state index contributed by atoms with van der Waals surface area (Å²) in [5.74, 6) is 11.7. The quantitative estimate of drug-likeness (QED) is 0.479. The molecule has 0 saturated carbocycles. The van der Waals surface area contributed by atoms with Crippen LogP contribution in [0.4, 0.5) is 0 Å². The molecule has 0 fully saturated rings. The number of nitrogens with two attached hydrogens (primary N) is 2. The second-order valence-corrected chi connectivity index (χ2v) is 2.99. The van der Waals surface area contributed by atoms with Crippen molar-refractivity contribution in [2.45, 2.75) is 12.8 Å². The smallest absolute Gasteiger partial charge is 0.0903 e. The fourth-order valence-electron chi connectivity index (χ4n) is 1.04. The van der Waals surface area contributed by atoms with Crippen molar-refractivity contribution in [2.75, 3.05) is 13.1 Å². The molecule has 0 aromatic carbocycles. The molecule has 0 radical (unpaired) electrons. The van der Waals surface area contributed by atoms with Crippen molar-refractivity contribution >= 4 is 0 Å². The highest BCUT2D eigenvalue weighted by Gasteiger charge is 1.90. The zero-order valence-electron chi connectivity index (χ0n) is 8.64. The van der Waals surface area contributed by atoms with Crippen molar-refractivity contribution in [3.8, 4) is 23.7 Å². The number of aromatic amines is 1. The minimum Gasteiger partial charge on any atom is -0.342 e. The first-order valence-electron chi connectivity index (χ1n) is 4.93. The molecule has 3 heteroatoms. The molecule has 0 atom stereocenters. The number of aromatic nitrogens is 1. The molecule has 0 unspecified atom stereocenters. The summed E-state index contributed by atoms with van der Waals surface area (Å²) in [6, 6.07) is 3.81. The van der Waals surface area contributed by atoms with Crippen LogP contribution in [-0.2, 0) is 0 Å². The molecular formula is C12H15N3. The zero-order valence-corrected chi connectivity index (χ0v) is 8.64. The van der Waals surface area contributed by atoms with Crippen LogP contribution < -0.4 is 11.5 Å². The van der Waals surface area contributed by atoms with Gasteiger partial charge in [-0.05, 0) is 36.9 Å². The molecule has 0 aliphatic carbocycles. The number of unbranched alkanes of at least 4 members (excludes halogenated alkanes) is 1. The van der Waals surface area contributed by atoms with Gasteiger partial charge in [0.05, 0.1) is 17.9 Å². The standard InChI is InChI=1S/C12H15N3/c13-9-3-1-2-5-11-7-8-12(15-11)6-4-10-14/h7-8,15H,1,3,9-10,13-14H2. The van der Waals surface area contributed by atoms with Crippen LogP contribution in [0.5, 0.6) is 0 Å². The van der Waals surface area contributed by atoms with E-state index in [2.05, 4.69) is 28.7 Å². The maximum atomic E-state index is 5.36. The van der Waals surface area contributed by atoms with Gasteiger partial charge in [0.15, 0.2) is 0 Å². The van der Waals surface area contributed by atoms with Crippen LogP contribution in [0.3, 0.4) is 0 Å². The third-order valence-electron chi connectivity index (χ3n) is 1.74. The summed E-state index contributed by atoms with van der Waals surface area (Å²) in [6.07, 6.45) is 1.77. The van der Waals surface area contributed by atoms with Crippen molar-refractivity contribution < 1.29 is 0 Å². The van der Waals surface area contributed by atoms with Crippen molar-refractivity contribution in [1.29, 1.82) is 0 Å². The molecule has 15 heavy (non-hydrogen) atoms. The molecular weight excluding hydrogens is 186 g/mol. The summed E-state index contributed by atoms with van der Waals surface area (Å²) in [6.45, 7) is 1.06. The molecule has 0 bridgehead atoms. The molecule has 3 nitrogen and oxygen atoms in total. The fourth-order valence-corrected chi connectivity index (χ4v) is 1.04. The number of hydrogen-bond acceptors (Lipinski definition) is 2. The summed E-state index contributed by atoms with van der Waals surface area (Å²) in [7, 11) is 0. The van der Waals surface area contributed by atoms with E-state index in [1.165, 1.54) is 0 Å². The van der Waals surface area contributed by atoms with E-state index < -0.39 is 0 Å². The zero-order chi connectivity index (χ0) is 10.9. The van der Waals surface area contributed by atoms with Gasteiger partial charge in [0.1, 0.15) is 0 Å². The molecule has 78 valence electrons. The van der Waals surface area contributed by atoms with Gasteiger partial charge >= 0.3 is 0 Å². The maximum Gasteiger partial charge on any atom is 0.0903 e. The molecule has 1 heterocycles. The molecule has 0 aliphatic heterocycles. The Morgan fingerprint density at radius 1 is 1.07 bits per heavy atom. The third kappa shape index (κ3) is 4.37. The Hall–Kier alpha value is -1.68. The lowest BCUT2D eigenvalue weighted by molar-refractivity contribution is 0.870. The minimum atomic E-state index is 0.372. The number of rotatable bonds is 2. The Bertz CT molecular complexity index is 409. The highest BCUT2D eigenvalue weighted by molar-refractivity contribution is 5.37. The van der Waals surface area contributed by atoms with Gasteiger partial charge < -0.3 is 16.5 Å². The van der Waals surface area contributed by atoms with Gasteiger partial charge in [-0.1, -0.05) is 11.8 Å². The molecule has 1 aromatic rings. The SMILES string of the molecule is NCC#Cc1ccc(C#CCCCN)[nH]1. The van der Waals surface area contributed by atoms with Gasteiger partial charge in [-0.2, -0.15) is 0 Å². The van der Waals surface area contributed by atoms with Gasteiger partial charge in [0.25, 0.3) is 0 Å². The number of hydrogen-bond donors (Lipinski definition) is 3. The molecule has 0 spiro atoms. The highest BCUT2D eigenvalue weighted by atomic mass is 14.7. The minimum absolute atomic E-state index is 0.372. The Labute approximate surface area is 90.2 Å². The molecule has 5 N–H and O–H groups in total. The van der Waals surface area contributed by atoms with Crippen molar-refractivity contribution in [3.63, 3.8) is 0 Å². The second-order valence-electron chi connectivity index (χ2n) is 2.99. The van der Waals surface area contributed by atoms with E-state index in [4.69, 9.17) is 11.5 Å². The van der Waals surface area contributed by atoms with Crippen LogP contribution in [-0.4, -0.2) is 18.1 Å². The maximum absolute atomic E-state index is 5.36. The lowest BCUT2D eigenvalue weighted by Crippen LogP contribution is -1.96. The van der Waals surface area contributed by atoms with E-state index >= 15 is 0 Å². The van der Waals surface area contributed by atoms with Crippen molar-refractivity contribution in [3.05, 3.63) is 23.5 Å². The topological polar surface area (TPSA) is 67.8 Å².